The summed E-state index contributed by atoms with van der Waals surface area (Å²) < 4.78 is 5.15. The second-order valence-electron chi connectivity index (χ2n) is 6.46. The summed E-state index contributed by atoms with van der Waals surface area (Å²) in [6, 6.07) is 0. The van der Waals surface area contributed by atoms with Crippen molar-refractivity contribution >= 4 is 6.09 Å². The zero-order valence-electron chi connectivity index (χ0n) is 11.0. The van der Waals surface area contributed by atoms with Gasteiger partial charge in [-0.15, -0.1) is 0 Å². The van der Waals surface area contributed by atoms with Crippen molar-refractivity contribution in [1.29, 1.82) is 0 Å². The first-order valence-corrected chi connectivity index (χ1v) is 6.49. The molecule has 0 heterocycles. The smallest absolute Gasteiger partial charge is 0.407 e. The van der Waals surface area contributed by atoms with E-state index in [1.54, 1.807) is 0 Å². The molecule has 3 unspecified atom stereocenters. The minimum Gasteiger partial charge on any atom is -0.444 e. The van der Waals surface area contributed by atoms with Crippen molar-refractivity contribution in [2.75, 3.05) is 6.54 Å². The summed E-state index contributed by atoms with van der Waals surface area (Å²) in [6.07, 6.45) is 3.93. The van der Waals surface area contributed by atoms with E-state index < -0.39 is 17.3 Å². The fourth-order valence-corrected chi connectivity index (χ4v) is 3.18. The summed E-state index contributed by atoms with van der Waals surface area (Å²) in [5.41, 5.74) is -1.17. The van der Waals surface area contributed by atoms with Crippen LogP contribution in [0.15, 0.2) is 0 Å². The zero-order valence-corrected chi connectivity index (χ0v) is 11.0. The van der Waals surface area contributed by atoms with Crippen molar-refractivity contribution in [3.63, 3.8) is 0 Å². The Hall–Kier alpha value is -0.770. The van der Waals surface area contributed by atoms with Gasteiger partial charge in [0, 0.05) is 6.54 Å². The van der Waals surface area contributed by atoms with Crippen LogP contribution in [0.4, 0.5) is 4.79 Å². The number of fused-ring (bicyclic) bond motifs is 1. The van der Waals surface area contributed by atoms with Gasteiger partial charge in [0.05, 0.1) is 5.60 Å². The summed E-state index contributed by atoms with van der Waals surface area (Å²) in [5, 5.41) is 13.0. The first-order valence-electron chi connectivity index (χ1n) is 6.49. The van der Waals surface area contributed by atoms with Crippen LogP contribution in [0, 0.1) is 11.8 Å². The molecule has 2 saturated carbocycles. The van der Waals surface area contributed by atoms with Crippen LogP contribution < -0.4 is 5.32 Å². The molecule has 0 spiro atoms. The van der Waals surface area contributed by atoms with Crippen LogP contribution in [-0.2, 0) is 4.74 Å². The van der Waals surface area contributed by atoms with Gasteiger partial charge >= 0.3 is 6.09 Å². The summed E-state index contributed by atoms with van der Waals surface area (Å²) in [5.74, 6) is 1.07. The average molecular weight is 241 g/mol. The molecular formula is C13H23NO3. The van der Waals surface area contributed by atoms with E-state index in [0.29, 0.717) is 18.4 Å². The van der Waals surface area contributed by atoms with E-state index in [9.17, 15) is 9.90 Å². The summed E-state index contributed by atoms with van der Waals surface area (Å²) in [6.45, 7) is 5.82. The molecule has 17 heavy (non-hydrogen) atoms. The molecule has 2 rings (SSSR count). The molecule has 0 bridgehead atoms. The van der Waals surface area contributed by atoms with Gasteiger partial charge in [0.2, 0.25) is 0 Å². The van der Waals surface area contributed by atoms with Gasteiger partial charge < -0.3 is 15.2 Å². The van der Waals surface area contributed by atoms with Gasteiger partial charge in [-0.3, -0.25) is 0 Å². The lowest BCUT2D eigenvalue weighted by atomic mass is 9.63. The van der Waals surface area contributed by atoms with Crippen LogP contribution in [0.2, 0.25) is 0 Å². The Bertz CT molecular complexity index is 310. The monoisotopic (exact) mass is 241 g/mol. The lowest BCUT2D eigenvalue weighted by molar-refractivity contribution is -0.121. The molecule has 4 heteroatoms. The van der Waals surface area contributed by atoms with E-state index in [4.69, 9.17) is 4.74 Å². The molecule has 4 nitrogen and oxygen atoms in total. The molecule has 0 saturated heterocycles. The molecule has 0 aliphatic heterocycles. The minimum absolute atomic E-state index is 0.322. The van der Waals surface area contributed by atoms with Crippen molar-refractivity contribution in [3.8, 4) is 0 Å². The number of hydrogen-bond donors (Lipinski definition) is 2. The highest BCUT2D eigenvalue weighted by molar-refractivity contribution is 5.67. The van der Waals surface area contributed by atoms with E-state index in [2.05, 4.69) is 5.32 Å². The van der Waals surface area contributed by atoms with Crippen molar-refractivity contribution in [2.45, 2.75) is 57.7 Å². The number of alkyl carbamates (subject to hydrolysis) is 1. The highest BCUT2D eigenvalue weighted by atomic mass is 16.6. The molecule has 1 amide bonds. The quantitative estimate of drug-likeness (QED) is 0.778. The van der Waals surface area contributed by atoms with Gasteiger partial charge in [0.1, 0.15) is 5.60 Å². The molecule has 2 fully saturated rings. The Morgan fingerprint density at radius 2 is 2.18 bits per heavy atom. The third kappa shape index (κ3) is 2.73. The Kier molecular flexibility index (Phi) is 3.10. The van der Waals surface area contributed by atoms with E-state index in [1.807, 2.05) is 20.8 Å². The maximum atomic E-state index is 11.5. The Morgan fingerprint density at radius 3 is 2.76 bits per heavy atom. The van der Waals surface area contributed by atoms with Crippen LogP contribution in [0.1, 0.15) is 46.5 Å². The fraction of sp³-hybridized carbons (Fsp3) is 0.923. The van der Waals surface area contributed by atoms with Crippen LogP contribution >= 0.6 is 0 Å². The summed E-state index contributed by atoms with van der Waals surface area (Å²) >= 11 is 0. The molecule has 98 valence electrons. The Balaban J connectivity index is 1.77. The molecule has 0 aromatic rings. The zero-order chi connectivity index (χ0) is 12.7. The fourth-order valence-electron chi connectivity index (χ4n) is 3.18. The molecule has 0 aromatic heterocycles. The lowest BCUT2D eigenvalue weighted by Crippen LogP contribution is -2.58. The molecule has 0 radical (unpaired) electrons. The molecular weight excluding hydrogens is 218 g/mol. The third-order valence-corrected chi connectivity index (χ3v) is 3.90. The molecule has 3 atom stereocenters. The average Bonchev–Trinajstić information content (AvgIpc) is 2.55. The normalized spacial score (nSPS) is 36.0. The van der Waals surface area contributed by atoms with Gasteiger partial charge in [-0.05, 0) is 51.9 Å². The number of aliphatic hydroxyl groups is 1. The van der Waals surface area contributed by atoms with Crippen molar-refractivity contribution in [1.82, 2.24) is 5.32 Å². The number of carbonyl (C=O) groups excluding carboxylic acids is 1. The second kappa shape index (κ2) is 4.16. The Morgan fingerprint density at radius 1 is 1.47 bits per heavy atom. The maximum Gasteiger partial charge on any atom is 0.407 e. The number of amides is 1. The van der Waals surface area contributed by atoms with E-state index in [-0.39, 0.29) is 0 Å². The number of rotatable bonds is 2. The number of ether oxygens (including phenoxy) is 1. The highest BCUT2D eigenvalue weighted by Gasteiger charge is 2.54. The van der Waals surface area contributed by atoms with Gasteiger partial charge in [-0.1, -0.05) is 6.42 Å². The molecule has 2 aliphatic carbocycles. The van der Waals surface area contributed by atoms with Crippen LogP contribution in [0.3, 0.4) is 0 Å². The maximum absolute atomic E-state index is 11.5. The topological polar surface area (TPSA) is 58.6 Å². The third-order valence-electron chi connectivity index (χ3n) is 3.90. The molecule has 2 aliphatic rings. The largest absolute Gasteiger partial charge is 0.444 e. The van der Waals surface area contributed by atoms with Crippen LogP contribution in [-0.4, -0.2) is 28.9 Å². The minimum atomic E-state index is -0.682. The SMILES string of the molecule is CC(C)(C)OC(=O)NCC1(O)CC2CCCC21. The molecule has 2 N–H and O–H groups in total. The number of carbonyl (C=O) groups is 1. The van der Waals surface area contributed by atoms with E-state index in [1.165, 1.54) is 12.8 Å². The van der Waals surface area contributed by atoms with Gasteiger partial charge in [-0.2, -0.15) is 0 Å². The number of nitrogens with one attached hydrogen (secondary N) is 1. The lowest BCUT2D eigenvalue weighted by Gasteiger charge is -2.48. The number of hydrogen-bond acceptors (Lipinski definition) is 3. The first-order chi connectivity index (χ1) is 7.80. The first kappa shape index (κ1) is 12.7. The van der Waals surface area contributed by atoms with Gasteiger partial charge in [0.15, 0.2) is 0 Å². The van der Waals surface area contributed by atoms with Crippen molar-refractivity contribution < 1.29 is 14.6 Å². The highest BCUT2D eigenvalue weighted by Crippen LogP contribution is 2.53. The summed E-state index contributed by atoms with van der Waals surface area (Å²) in [7, 11) is 0. The van der Waals surface area contributed by atoms with Gasteiger partial charge in [-0.25, -0.2) is 4.79 Å². The van der Waals surface area contributed by atoms with E-state index >= 15 is 0 Å². The predicted molar refractivity (Wildman–Crippen MR) is 64.6 cm³/mol. The summed E-state index contributed by atoms with van der Waals surface area (Å²) in [4.78, 5) is 11.5. The van der Waals surface area contributed by atoms with Crippen LogP contribution in [0.25, 0.3) is 0 Å². The standard InChI is InChI=1S/C13H23NO3/c1-12(2,3)17-11(15)14-8-13(16)7-9-5-4-6-10(9)13/h9-10,16H,4-8H2,1-3H3,(H,14,15). The predicted octanol–water partition coefficient (Wildman–Crippen LogP) is 2.06. The van der Waals surface area contributed by atoms with Crippen molar-refractivity contribution in [3.05, 3.63) is 0 Å². The van der Waals surface area contributed by atoms with Crippen molar-refractivity contribution in [2.24, 2.45) is 11.8 Å². The van der Waals surface area contributed by atoms with Gasteiger partial charge in [0.25, 0.3) is 0 Å². The molecule has 0 aromatic carbocycles. The second-order valence-corrected chi connectivity index (χ2v) is 6.46. The van der Waals surface area contributed by atoms with E-state index in [0.717, 1.165) is 12.8 Å². The Labute approximate surface area is 103 Å². The van der Waals surface area contributed by atoms with Crippen LogP contribution in [0.5, 0.6) is 0 Å².